The van der Waals surface area contributed by atoms with Crippen LogP contribution in [0.25, 0.3) is 0 Å². The Morgan fingerprint density at radius 3 is 2.46 bits per heavy atom. The van der Waals surface area contributed by atoms with E-state index >= 15 is 0 Å². The van der Waals surface area contributed by atoms with Gasteiger partial charge in [0.05, 0.1) is 18.2 Å². The molecule has 72 valence electrons. The maximum absolute atomic E-state index is 10.4. The Labute approximate surface area is 77.6 Å². The molecule has 0 saturated heterocycles. The zero-order valence-corrected chi connectivity index (χ0v) is 8.09. The minimum atomic E-state index is -0.723. The van der Waals surface area contributed by atoms with E-state index in [0.29, 0.717) is 5.71 Å². The molecule has 0 unspecified atom stereocenters. The molecule has 3 N–H and O–H groups in total. The van der Waals surface area contributed by atoms with Gasteiger partial charge in [0.15, 0.2) is 0 Å². The molecule has 0 fully saturated rings. The summed E-state index contributed by atoms with van der Waals surface area (Å²) in [6.07, 6.45) is 0.184. The van der Waals surface area contributed by atoms with E-state index in [9.17, 15) is 4.79 Å². The highest BCUT2D eigenvalue weighted by Gasteiger charge is 2.18. The number of nitriles is 1. The Bertz CT molecular complexity index is 256. The van der Waals surface area contributed by atoms with Crippen LogP contribution in [0.1, 0.15) is 27.2 Å². The van der Waals surface area contributed by atoms with Crippen LogP contribution in [0.2, 0.25) is 0 Å². The molecule has 5 heteroatoms. The average Bonchev–Trinajstić information content (AvgIpc) is 1.95. The second kappa shape index (κ2) is 4.45. The molecule has 0 spiro atoms. The van der Waals surface area contributed by atoms with Gasteiger partial charge in [0, 0.05) is 5.41 Å². The van der Waals surface area contributed by atoms with Crippen LogP contribution in [0.4, 0.5) is 4.79 Å². The number of amides is 2. The van der Waals surface area contributed by atoms with Crippen molar-refractivity contribution in [2.75, 3.05) is 0 Å². The molecule has 2 amide bonds. The first-order valence-electron chi connectivity index (χ1n) is 3.87. The third-order valence-electron chi connectivity index (χ3n) is 1.41. The molecule has 0 radical (unpaired) electrons. The van der Waals surface area contributed by atoms with E-state index in [4.69, 9.17) is 11.0 Å². The number of hydrogen-bond donors (Lipinski definition) is 2. The maximum Gasteiger partial charge on any atom is 0.332 e. The normalized spacial score (nSPS) is 12.0. The molecular weight excluding hydrogens is 168 g/mol. The first-order valence-corrected chi connectivity index (χ1v) is 3.87. The van der Waals surface area contributed by atoms with Crippen LogP contribution >= 0.6 is 0 Å². The summed E-state index contributed by atoms with van der Waals surface area (Å²) in [5.74, 6) is 0. The molecular formula is C8H14N4O. The van der Waals surface area contributed by atoms with Gasteiger partial charge in [-0.25, -0.2) is 10.2 Å². The van der Waals surface area contributed by atoms with Gasteiger partial charge in [0.25, 0.3) is 0 Å². The van der Waals surface area contributed by atoms with Crippen molar-refractivity contribution < 1.29 is 4.79 Å². The van der Waals surface area contributed by atoms with Crippen LogP contribution in [0.5, 0.6) is 0 Å². The lowest BCUT2D eigenvalue weighted by Crippen LogP contribution is -2.29. The third kappa shape index (κ3) is 4.80. The van der Waals surface area contributed by atoms with Crippen molar-refractivity contribution in [1.29, 1.82) is 5.26 Å². The fraction of sp³-hybridized carbons (Fsp3) is 0.625. The van der Waals surface area contributed by atoms with Crippen LogP contribution < -0.4 is 11.2 Å². The minimum Gasteiger partial charge on any atom is -0.350 e. The minimum absolute atomic E-state index is 0.184. The Hall–Kier alpha value is -1.57. The van der Waals surface area contributed by atoms with Crippen molar-refractivity contribution in [2.45, 2.75) is 27.2 Å². The Morgan fingerprint density at radius 1 is 1.62 bits per heavy atom. The number of nitrogens with two attached hydrogens (primary N) is 1. The van der Waals surface area contributed by atoms with E-state index < -0.39 is 6.03 Å². The highest BCUT2D eigenvalue weighted by Crippen LogP contribution is 2.17. The zero-order valence-electron chi connectivity index (χ0n) is 8.09. The number of nitrogens with zero attached hydrogens (tertiary/aromatic N) is 2. The lowest BCUT2D eigenvalue weighted by Gasteiger charge is -2.18. The summed E-state index contributed by atoms with van der Waals surface area (Å²) in [6.45, 7) is 5.73. The number of hydrazone groups is 1. The Balaban J connectivity index is 4.53. The number of urea groups is 1. The fourth-order valence-corrected chi connectivity index (χ4v) is 0.670. The van der Waals surface area contributed by atoms with E-state index in [0.717, 1.165) is 0 Å². The zero-order chi connectivity index (χ0) is 10.5. The van der Waals surface area contributed by atoms with Crippen molar-refractivity contribution in [3.05, 3.63) is 0 Å². The summed E-state index contributed by atoms with van der Waals surface area (Å²) in [5, 5.41) is 12.2. The molecule has 5 nitrogen and oxygen atoms in total. The lowest BCUT2D eigenvalue weighted by molar-refractivity contribution is 0.249. The van der Waals surface area contributed by atoms with Gasteiger partial charge in [0.1, 0.15) is 0 Å². The standard InChI is InChI=1S/C8H14N4O/c1-8(2,3)6(4-5-9)11-12-7(10)13/h4H2,1-3H3,(H3,10,12,13)/b11-6+. The number of hydrogen-bond acceptors (Lipinski definition) is 3. The maximum atomic E-state index is 10.4. The van der Waals surface area contributed by atoms with Gasteiger partial charge in [0.2, 0.25) is 0 Å². The summed E-state index contributed by atoms with van der Waals surface area (Å²) in [6, 6.07) is 1.25. The van der Waals surface area contributed by atoms with Crippen LogP contribution in [0.3, 0.4) is 0 Å². The van der Waals surface area contributed by atoms with Crippen LogP contribution in [0, 0.1) is 16.7 Å². The molecule has 0 aromatic rings. The number of carbonyl (C=O) groups is 1. The van der Waals surface area contributed by atoms with Crippen molar-refractivity contribution in [2.24, 2.45) is 16.3 Å². The topological polar surface area (TPSA) is 91.3 Å². The molecule has 13 heavy (non-hydrogen) atoms. The summed E-state index contributed by atoms with van der Waals surface area (Å²) >= 11 is 0. The predicted molar refractivity (Wildman–Crippen MR) is 49.8 cm³/mol. The summed E-state index contributed by atoms with van der Waals surface area (Å²) < 4.78 is 0. The summed E-state index contributed by atoms with van der Waals surface area (Å²) in [5.41, 5.74) is 7.32. The molecule has 0 atom stereocenters. The molecule has 0 bridgehead atoms. The predicted octanol–water partition coefficient (Wildman–Crippen LogP) is 0.970. The van der Waals surface area contributed by atoms with Gasteiger partial charge < -0.3 is 5.73 Å². The van der Waals surface area contributed by atoms with Gasteiger partial charge in [-0.1, -0.05) is 20.8 Å². The van der Waals surface area contributed by atoms with Crippen LogP contribution in [0.15, 0.2) is 5.10 Å². The monoisotopic (exact) mass is 182 g/mol. The van der Waals surface area contributed by atoms with Gasteiger partial charge in [-0.2, -0.15) is 10.4 Å². The number of primary amides is 1. The first-order chi connectivity index (χ1) is 5.88. The highest BCUT2D eigenvalue weighted by molar-refractivity contribution is 5.91. The highest BCUT2D eigenvalue weighted by atomic mass is 16.2. The van der Waals surface area contributed by atoms with E-state index in [1.54, 1.807) is 0 Å². The van der Waals surface area contributed by atoms with Crippen molar-refractivity contribution >= 4 is 11.7 Å². The second-order valence-electron chi connectivity index (χ2n) is 3.62. The number of rotatable bonds is 2. The first kappa shape index (κ1) is 11.4. The molecule has 0 aliphatic heterocycles. The van der Waals surface area contributed by atoms with E-state index in [2.05, 4.69) is 10.5 Å². The van der Waals surface area contributed by atoms with Crippen LogP contribution in [-0.2, 0) is 0 Å². The smallest absolute Gasteiger partial charge is 0.332 e. The molecule has 0 saturated carbocycles. The third-order valence-corrected chi connectivity index (χ3v) is 1.41. The summed E-state index contributed by atoms with van der Waals surface area (Å²) in [7, 11) is 0. The van der Waals surface area contributed by atoms with Crippen LogP contribution in [-0.4, -0.2) is 11.7 Å². The molecule has 0 rings (SSSR count). The second-order valence-corrected chi connectivity index (χ2v) is 3.62. The SMILES string of the molecule is CC(C)(C)/C(CC#N)=N/NC(N)=O. The van der Waals surface area contributed by atoms with Gasteiger partial charge in [-0.3, -0.25) is 0 Å². The lowest BCUT2D eigenvalue weighted by atomic mass is 9.88. The van der Waals surface area contributed by atoms with Crippen molar-refractivity contribution in [3.8, 4) is 6.07 Å². The molecule has 0 heterocycles. The van der Waals surface area contributed by atoms with Gasteiger partial charge in [-0.15, -0.1) is 0 Å². The largest absolute Gasteiger partial charge is 0.350 e. The average molecular weight is 182 g/mol. The Morgan fingerprint density at radius 2 is 2.15 bits per heavy atom. The van der Waals surface area contributed by atoms with Gasteiger partial charge in [-0.05, 0) is 0 Å². The molecule has 0 aromatic heterocycles. The molecule has 0 aliphatic carbocycles. The fourth-order valence-electron chi connectivity index (χ4n) is 0.670. The van der Waals surface area contributed by atoms with Crippen molar-refractivity contribution in [3.63, 3.8) is 0 Å². The van der Waals surface area contributed by atoms with E-state index in [1.165, 1.54) is 0 Å². The van der Waals surface area contributed by atoms with Crippen molar-refractivity contribution in [1.82, 2.24) is 5.43 Å². The quantitative estimate of drug-likeness (QED) is 0.492. The van der Waals surface area contributed by atoms with E-state index in [-0.39, 0.29) is 11.8 Å². The number of carbonyl (C=O) groups excluding carboxylic acids is 1. The molecule has 0 aliphatic rings. The Kier molecular flexibility index (Phi) is 3.92. The number of nitrogens with one attached hydrogen (secondary N) is 1. The summed E-state index contributed by atoms with van der Waals surface area (Å²) in [4.78, 5) is 10.4. The van der Waals surface area contributed by atoms with Gasteiger partial charge >= 0.3 is 6.03 Å². The van der Waals surface area contributed by atoms with E-state index in [1.807, 2.05) is 26.8 Å². The molecule has 0 aromatic carbocycles.